The van der Waals surface area contributed by atoms with Gasteiger partial charge in [0.2, 0.25) is 5.91 Å². The second-order valence-electron chi connectivity index (χ2n) is 8.53. The molecule has 0 aromatic heterocycles. The third-order valence-electron chi connectivity index (χ3n) is 6.54. The van der Waals surface area contributed by atoms with E-state index in [-0.39, 0.29) is 11.8 Å². The zero-order valence-electron chi connectivity index (χ0n) is 18.0. The quantitative estimate of drug-likeness (QED) is 0.281. The van der Waals surface area contributed by atoms with Crippen LogP contribution in [0.1, 0.15) is 57.8 Å². The zero-order chi connectivity index (χ0) is 20.2. The summed E-state index contributed by atoms with van der Waals surface area (Å²) >= 11 is 0. The molecule has 1 amide bonds. The van der Waals surface area contributed by atoms with Crippen molar-refractivity contribution in [1.29, 1.82) is 0 Å². The van der Waals surface area contributed by atoms with Gasteiger partial charge in [0.05, 0.1) is 0 Å². The van der Waals surface area contributed by atoms with Crippen LogP contribution in [-0.4, -0.2) is 70.3 Å². The van der Waals surface area contributed by atoms with Gasteiger partial charge in [-0.05, 0) is 70.0 Å². The normalized spacial score (nSPS) is 21.0. The minimum atomic E-state index is -0.135. The van der Waals surface area contributed by atoms with Crippen LogP contribution < -0.4 is 16.4 Å². The van der Waals surface area contributed by atoms with Gasteiger partial charge in [-0.2, -0.15) is 0 Å². The molecule has 1 aliphatic carbocycles. The topological polar surface area (TPSA) is 92.0 Å². The lowest BCUT2D eigenvalue weighted by atomic mass is 9.83. The average molecular weight is 396 g/mol. The number of guanidine groups is 1. The molecule has 2 rings (SSSR count). The lowest BCUT2D eigenvalue weighted by Crippen LogP contribution is -2.43. The van der Waals surface area contributed by atoms with Crippen molar-refractivity contribution in [3.63, 3.8) is 0 Å². The van der Waals surface area contributed by atoms with Gasteiger partial charge < -0.3 is 26.0 Å². The summed E-state index contributed by atoms with van der Waals surface area (Å²) in [4.78, 5) is 18.1. The number of piperidine rings is 1. The van der Waals surface area contributed by atoms with Crippen LogP contribution in [0.4, 0.5) is 0 Å². The summed E-state index contributed by atoms with van der Waals surface area (Å²) in [5.74, 6) is 0.856. The number of nitrogens with two attached hydrogens (primary N) is 1. The Bertz CT molecular complexity index is 483. The molecule has 0 spiro atoms. The molecular weight excluding hydrogens is 354 g/mol. The van der Waals surface area contributed by atoms with Crippen molar-refractivity contribution >= 4 is 11.9 Å². The van der Waals surface area contributed by atoms with Crippen LogP contribution in [0.3, 0.4) is 0 Å². The molecule has 0 aromatic rings. The molecule has 4 N–H and O–H groups in total. The van der Waals surface area contributed by atoms with Crippen molar-refractivity contribution in [3.05, 3.63) is 0 Å². The minimum Gasteiger partial charge on any atom is -0.385 e. The van der Waals surface area contributed by atoms with E-state index >= 15 is 0 Å². The van der Waals surface area contributed by atoms with E-state index in [9.17, 15) is 4.79 Å². The predicted molar refractivity (Wildman–Crippen MR) is 114 cm³/mol. The third kappa shape index (κ3) is 7.59. The SMILES string of the molecule is CN=C(NCCCCN1CCC(C(N)=O)CC1)NCC1(CCOC)CCCC1. The maximum atomic E-state index is 11.2. The monoisotopic (exact) mass is 395 g/mol. The second-order valence-corrected chi connectivity index (χ2v) is 8.53. The molecule has 7 heteroatoms. The van der Waals surface area contributed by atoms with E-state index in [0.717, 1.165) is 77.4 Å². The van der Waals surface area contributed by atoms with Crippen LogP contribution in [0, 0.1) is 11.3 Å². The van der Waals surface area contributed by atoms with Gasteiger partial charge in [0, 0.05) is 39.8 Å². The number of aliphatic imine (C=N–C) groups is 1. The van der Waals surface area contributed by atoms with Gasteiger partial charge in [0.25, 0.3) is 0 Å². The fraction of sp³-hybridized carbons (Fsp3) is 0.905. The number of primary amides is 1. The fourth-order valence-electron chi connectivity index (χ4n) is 4.56. The van der Waals surface area contributed by atoms with Crippen LogP contribution in [-0.2, 0) is 9.53 Å². The number of ether oxygens (including phenoxy) is 1. The molecule has 7 nitrogen and oxygen atoms in total. The van der Waals surface area contributed by atoms with Gasteiger partial charge >= 0.3 is 0 Å². The van der Waals surface area contributed by atoms with E-state index in [4.69, 9.17) is 10.5 Å². The van der Waals surface area contributed by atoms with E-state index in [1.807, 2.05) is 7.05 Å². The van der Waals surface area contributed by atoms with Crippen molar-refractivity contribution in [1.82, 2.24) is 15.5 Å². The Labute approximate surface area is 170 Å². The standard InChI is InChI=1S/C21H41N5O2/c1-23-20(25-17-21(11-16-28-2)9-3-4-10-21)24-12-5-6-13-26-14-7-18(8-15-26)19(22)27/h18H,3-17H2,1-2H3,(H2,22,27)(H2,23,24,25). The Morgan fingerprint density at radius 3 is 2.54 bits per heavy atom. The van der Waals surface area contributed by atoms with Gasteiger partial charge in [-0.1, -0.05) is 12.8 Å². The summed E-state index contributed by atoms with van der Waals surface area (Å²) < 4.78 is 5.32. The molecule has 0 atom stereocenters. The fourth-order valence-corrected chi connectivity index (χ4v) is 4.56. The first-order chi connectivity index (χ1) is 13.6. The van der Waals surface area contributed by atoms with Gasteiger partial charge in [0.15, 0.2) is 5.96 Å². The van der Waals surface area contributed by atoms with Crippen LogP contribution >= 0.6 is 0 Å². The summed E-state index contributed by atoms with van der Waals surface area (Å²) in [6, 6.07) is 0. The number of nitrogens with zero attached hydrogens (tertiary/aromatic N) is 2. The van der Waals surface area contributed by atoms with E-state index < -0.39 is 0 Å². The summed E-state index contributed by atoms with van der Waals surface area (Å²) in [5, 5.41) is 7.00. The number of likely N-dealkylation sites (tertiary alicyclic amines) is 1. The van der Waals surface area contributed by atoms with Crippen LogP contribution in [0.25, 0.3) is 0 Å². The molecule has 0 aromatic carbocycles. The van der Waals surface area contributed by atoms with Crippen molar-refractivity contribution in [2.24, 2.45) is 22.1 Å². The number of amides is 1. The van der Waals surface area contributed by atoms with Crippen molar-refractivity contribution in [2.75, 3.05) is 53.5 Å². The highest BCUT2D eigenvalue weighted by atomic mass is 16.5. The number of carbonyl (C=O) groups excluding carboxylic acids is 1. The van der Waals surface area contributed by atoms with Crippen LogP contribution in [0.2, 0.25) is 0 Å². The van der Waals surface area contributed by atoms with E-state index in [1.54, 1.807) is 7.11 Å². The van der Waals surface area contributed by atoms with Crippen LogP contribution in [0.5, 0.6) is 0 Å². The maximum absolute atomic E-state index is 11.2. The van der Waals surface area contributed by atoms with Gasteiger partial charge in [-0.3, -0.25) is 9.79 Å². The first kappa shape index (κ1) is 22.9. The molecule has 0 bridgehead atoms. The van der Waals surface area contributed by atoms with Crippen molar-refractivity contribution in [3.8, 4) is 0 Å². The molecule has 0 radical (unpaired) electrons. The van der Waals surface area contributed by atoms with E-state index in [1.165, 1.54) is 25.7 Å². The molecule has 162 valence electrons. The Balaban J connectivity index is 1.58. The maximum Gasteiger partial charge on any atom is 0.220 e. The Morgan fingerprint density at radius 2 is 1.93 bits per heavy atom. The Hall–Kier alpha value is -1.34. The van der Waals surface area contributed by atoms with Gasteiger partial charge in [-0.25, -0.2) is 0 Å². The van der Waals surface area contributed by atoms with Crippen molar-refractivity contribution in [2.45, 2.75) is 57.8 Å². The number of carbonyl (C=O) groups is 1. The second kappa shape index (κ2) is 12.3. The van der Waals surface area contributed by atoms with Gasteiger partial charge in [-0.15, -0.1) is 0 Å². The first-order valence-electron chi connectivity index (χ1n) is 11.0. The predicted octanol–water partition coefficient (Wildman–Crippen LogP) is 1.73. The molecular formula is C21H41N5O2. The number of hydrogen-bond acceptors (Lipinski definition) is 4. The molecule has 2 aliphatic rings. The number of hydrogen-bond donors (Lipinski definition) is 3. The third-order valence-corrected chi connectivity index (χ3v) is 6.54. The van der Waals surface area contributed by atoms with Crippen molar-refractivity contribution < 1.29 is 9.53 Å². The molecule has 1 aliphatic heterocycles. The molecule has 1 saturated carbocycles. The molecule has 28 heavy (non-hydrogen) atoms. The molecule has 0 unspecified atom stereocenters. The highest BCUT2D eigenvalue weighted by Gasteiger charge is 2.33. The summed E-state index contributed by atoms with van der Waals surface area (Å²) in [5.41, 5.74) is 5.77. The van der Waals surface area contributed by atoms with Crippen LogP contribution in [0.15, 0.2) is 4.99 Å². The highest BCUT2D eigenvalue weighted by Crippen LogP contribution is 2.40. The average Bonchev–Trinajstić information content (AvgIpc) is 3.18. The number of unbranched alkanes of at least 4 members (excludes halogenated alkanes) is 1. The molecule has 1 heterocycles. The lowest BCUT2D eigenvalue weighted by molar-refractivity contribution is -0.123. The smallest absolute Gasteiger partial charge is 0.220 e. The summed E-state index contributed by atoms with van der Waals surface area (Å²) in [7, 11) is 3.63. The zero-order valence-corrected chi connectivity index (χ0v) is 18.0. The lowest BCUT2D eigenvalue weighted by Gasteiger charge is -2.30. The van der Waals surface area contributed by atoms with E-state index in [0.29, 0.717) is 5.41 Å². The Morgan fingerprint density at radius 1 is 1.21 bits per heavy atom. The van der Waals surface area contributed by atoms with Gasteiger partial charge in [0.1, 0.15) is 0 Å². The highest BCUT2D eigenvalue weighted by molar-refractivity contribution is 5.79. The summed E-state index contributed by atoms with van der Waals surface area (Å²) in [6.45, 7) is 5.83. The largest absolute Gasteiger partial charge is 0.385 e. The number of rotatable bonds is 11. The first-order valence-corrected chi connectivity index (χ1v) is 11.0. The Kier molecular flexibility index (Phi) is 10.1. The number of nitrogens with one attached hydrogen (secondary N) is 2. The minimum absolute atomic E-state index is 0.0827. The molecule has 2 fully saturated rings. The number of methoxy groups -OCH3 is 1. The van der Waals surface area contributed by atoms with E-state index in [2.05, 4.69) is 20.5 Å². The summed E-state index contributed by atoms with van der Waals surface area (Å²) in [6.07, 6.45) is 10.4. The molecule has 1 saturated heterocycles.